The molecule has 0 amide bonds. The number of hydrogen-bond donors (Lipinski definition) is 2. The number of aliphatic hydroxyl groups excluding tert-OH is 1. The van der Waals surface area contributed by atoms with Crippen LogP contribution < -0.4 is 5.73 Å². The van der Waals surface area contributed by atoms with Gasteiger partial charge in [0, 0.05) is 18.1 Å². The lowest BCUT2D eigenvalue weighted by atomic mass is 9.87. The Hall–Kier alpha value is -0.120. The van der Waals surface area contributed by atoms with E-state index in [1.165, 1.54) is 0 Å². The second-order valence-electron chi connectivity index (χ2n) is 4.74. The van der Waals surface area contributed by atoms with Crippen molar-refractivity contribution in [2.75, 3.05) is 13.1 Å². The minimum atomic E-state index is -0.159. The Kier molecular flexibility index (Phi) is 3.93. The van der Waals surface area contributed by atoms with Crippen molar-refractivity contribution in [2.24, 2.45) is 5.73 Å². The second-order valence-corrected chi connectivity index (χ2v) is 4.74. The van der Waals surface area contributed by atoms with Crippen LogP contribution in [0.15, 0.2) is 0 Å². The maximum absolute atomic E-state index is 9.64. The Morgan fingerprint density at radius 2 is 2.29 bits per heavy atom. The van der Waals surface area contributed by atoms with Crippen LogP contribution in [0, 0.1) is 0 Å². The fourth-order valence-corrected chi connectivity index (χ4v) is 2.25. The average molecular weight is 200 g/mol. The molecule has 1 rings (SSSR count). The summed E-state index contributed by atoms with van der Waals surface area (Å²) in [6.45, 7) is 8.29. The second kappa shape index (κ2) is 4.60. The zero-order chi connectivity index (χ0) is 10.8. The molecule has 1 saturated heterocycles. The highest BCUT2D eigenvalue weighted by Gasteiger charge is 2.36. The highest BCUT2D eigenvalue weighted by atomic mass is 16.3. The van der Waals surface area contributed by atoms with Crippen LogP contribution in [0.5, 0.6) is 0 Å². The number of nitrogens with zero attached hydrogens (tertiary/aromatic N) is 1. The molecule has 0 saturated carbocycles. The molecule has 0 aliphatic carbocycles. The van der Waals surface area contributed by atoms with E-state index in [1.54, 1.807) is 0 Å². The number of rotatable bonds is 3. The van der Waals surface area contributed by atoms with Gasteiger partial charge in [-0.3, -0.25) is 4.90 Å². The zero-order valence-electron chi connectivity index (χ0n) is 9.66. The number of nitrogens with two attached hydrogens (primary N) is 1. The summed E-state index contributed by atoms with van der Waals surface area (Å²) in [5.41, 5.74) is 6.08. The molecule has 3 heteroatoms. The van der Waals surface area contributed by atoms with Crippen molar-refractivity contribution in [1.82, 2.24) is 4.90 Å². The molecular formula is C11H24N2O. The lowest BCUT2D eigenvalue weighted by Gasteiger charge is -2.46. The van der Waals surface area contributed by atoms with Crippen molar-refractivity contribution in [3.8, 4) is 0 Å². The summed E-state index contributed by atoms with van der Waals surface area (Å²) in [6, 6.07) is 0.151. The number of aliphatic hydroxyl groups is 1. The van der Waals surface area contributed by atoms with Crippen LogP contribution in [0.3, 0.4) is 0 Å². The number of likely N-dealkylation sites (tertiary alicyclic amines) is 1. The van der Waals surface area contributed by atoms with Gasteiger partial charge in [-0.2, -0.15) is 0 Å². The van der Waals surface area contributed by atoms with Gasteiger partial charge >= 0.3 is 0 Å². The molecule has 3 atom stereocenters. The standard InChI is InChI=1S/C11H24N2O/c1-4-11(3,9(2)12)13-7-5-6-10(14)8-13/h9-10,14H,4-8,12H2,1-3H3. The molecule has 0 radical (unpaired) electrons. The molecule has 84 valence electrons. The number of hydrogen-bond acceptors (Lipinski definition) is 3. The fourth-order valence-electron chi connectivity index (χ4n) is 2.25. The van der Waals surface area contributed by atoms with Gasteiger partial charge in [0.15, 0.2) is 0 Å². The van der Waals surface area contributed by atoms with Crippen molar-refractivity contribution in [1.29, 1.82) is 0 Å². The number of piperidine rings is 1. The third-order valence-corrected chi connectivity index (χ3v) is 3.82. The van der Waals surface area contributed by atoms with Crippen LogP contribution in [-0.2, 0) is 0 Å². The first-order chi connectivity index (χ1) is 6.50. The quantitative estimate of drug-likeness (QED) is 0.713. The van der Waals surface area contributed by atoms with Crippen LogP contribution in [0.4, 0.5) is 0 Å². The van der Waals surface area contributed by atoms with Gasteiger partial charge in [-0.25, -0.2) is 0 Å². The van der Waals surface area contributed by atoms with Crippen LogP contribution >= 0.6 is 0 Å². The zero-order valence-corrected chi connectivity index (χ0v) is 9.66. The largest absolute Gasteiger partial charge is 0.392 e. The maximum Gasteiger partial charge on any atom is 0.0667 e. The normalized spacial score (nSPS) is 31.1. The molecule has 0 aromatic carbocycles. The van der Waals surface area contributed by atoms with Crippen molar-refractivity contribution in [3.05, 3.63) is 0 Å². The lowest BCUT2D eigenvalue weighted by molar-refractivity contribution is -0.00326. The molecule has 3 unspecified atom stereocenters. The monoisotopic (exact) mass is 200 g/mol. The minimum Gasteiger partial charge on any atom is -0.392 e. The lowest BCUT2D eigenvalue weighted by Crippen LogP contribution is -2.59. The molecular weight excluding hydrogens is 176 g/mol. The summed E-state index contributed by atoms with van der Waals surface area (Å²) < 4.78 is 0. The summed E-state index contributed by atoms with van der Waals surface area (Å²) in [4.78, 5) is 2.35. The molecule has 3 N–H and O–H groups in total. The van der Waals surface area contributed by atoms with Gasteiger partial charge in [-0.15, -0.1) is 0 Å². The Bertz CT molecular complexity index is 184. The van der Waals surface area contributed by atoms with Crippen molar-refractivity contribution in [2.45, 2.75) is 57.7 Å². The Balaban J connectivity index is 2.68. The van der Waals surface area contributed by atoms with Gasteiger partial charge in [0.2, 0.25) is 0 Å². The summed E-state index contributed by atoms with van der Waals surface area (Å²) in [5.74, 6) is 0. The van der Waals surface area contributed by atoms with Crippen LogP contribution in [0.2, 0.25) is 0 Å². The van der Waals surface area contributed by atoms with E-state index in [4.69, 9.17) is 5.73 Å². The first-order valence-corrected chi connectivity index (χ1v) is 5.69. The Morgan fingerprint density at radius 1 is 1.64 bits per heavy atom. The van der Waals surface area contributed by atoms with E-state index >= 15 is 0 Å². The summed E-state index contributed by atoms with van der Waals surface area (Å²) in [6.07, 6.45) is 2.91. The molecule has 1 heterocycles. The highest BCUT2D eigenvalue weighted by molar-refractivity contribution is 4.94. The van der Waals surface area contributed by atoms with E-state index < -0.39 is 0 Å². The van der Waals surface area contributed by atoms with Gasteiger partial charge in [0.05, 0.1) is 6.10 Å². The van der Waals surface area contributed by atoms with Crippen molar-refractivity contribution < 1.29 is 5.11 Å². The van der Waals surface area contributed by atoms with Gasteiger partial charge in [0.25, 0.3) is 0 Å². The van der Waals surface area contributed by atoms with Gasteiger partial charge in [0.1, 0.15) is 0 Å². The summed E-state index contributed by atoms with van der Waals surface area (Å²) >= 11 is 0. The molecule has 1 fully saturated rings. The van der Waals surface area contributed by atoms with Crippen molar-refractivity contribution >= 4 is 0 Å². The molecule has 0 spiro atoms. The van der Waals surface area contributed by atoms with Gasteiger partial charge < -0.3 is 10.8 Å². The predicted octanol–water partition coefficient (Wildman–Crippen LogP) is 0.959. The highest BCUT2D eigenvalue weighted by Crippen LogP contribution is 2.26. The minimum absolute atomic E-state index is 0.0431. The first kappa shape index (κ1) is 12.0. The fraction of sp³-hybridized carbons (Fsp3) is 1.00. The molecule has 1 aliphatic heterocycles. The van der Waals surface area contributed by atoms with Crippen LogP contribution in [0.1, 0.15) is 40.0 Å². The van der Waals surface area contributed by atoms with E-state index in [9.17, 15) is 5.11 Å². The van der Waals surface area contributed by atoms with Crippen molar-refractivity contribution in [3.63, 3.8) is 0 Å². The van der Waals surface area contributed by atoms with E-state index in [-0.39, 0.29) is 17.7 Å². The van der Waals surface area contributed by atoms with E-state index in [0.717, 1.165) is 32.4 Å². The third-order valence-electron chi connectivity index (χ3n) is 3.82. The van der Waals surface area contributed by atoms with E-state index in [1.807, 2.05) is 0 Å². The van der Waals surface area contributed by atoms with Crippen LogP contribution in [0.25, 0.3) is 0 Å². The predicted molar refractivity (Wildman–Crippen MR) is 59.2 cm³/mol. The first-order valence-electron chi connectivity index (χ1n) is 5.69. The molecule has 3 nitrogen and oxygen atoms in total. The summed E-state index contributed by atoms with van der Waals surface area (Å²) in [7, 11) is 0. The molecule has 14 heavy (non-hydrogen) atoms. The third kappa shape index (κ3) is 2.27. The molecule has 0 aromatic heterocycles. The summed E-state index contributed by atoms with van der Waals surface area (Å²) in [5, 5.41) is 9.64. The van der Waals surface area contributed by atoms with Gasteiger partial charge in [-0.1, -0.05) is 6.92 Å². The maximum atomic E-state index is 9.64. The van der Waals surface area contributed by atoms with Gasteiger partial charge in [-0.05, 0) is 39.7 Å². The topological polar surface area (TPSA) is 49.5 Å². The van der Waals surface area contributed by atoms with E-state index in [2.05, 4.69) is 25.7 Å². The molecule has 0 bridgehead atoms. The Labute approximate surface area is 87.3 Å². The smallest absolute Gasteiger partial charge is 0.0667 e. The van der Waals surface area contributed by atoms with E-state index in [0.29, 0.717) is 0 Å². The van der Waals surface area contributed by atoms with Crippen LogP contribution in [-0.4, -0.2) is 40.8 Å². The SMILES string of the molecule is CCC(C)(C(C)N)N1CCCC(O)C1. The molecule has 1 aliphatic rings. The molecule has 0 aromatic rings. The Morgan fingerprint density at radius 3 is 2.71 bits per heavy atom. The average Bonchev–Trinajstić information content (AvgIpc) is 2.16. The number of β-amino-alcohol motifs (C(OH)–C–C–N with tert-alkyl or cyclic N) is 1.